The quantitative estimate of drug-likeness (QED) is 0.737. The van der Waals surface area contributed by atoms with Crippen molar-refractivity contribution in [3.8, 4) is 5.75 Å². The molecule has 5 rings (SSSR count). The molecule has 0 amide bonds. The summed E-state index contributed by atoms with van der Waals surface area (Å²) in [6, 6.07) is 11.5. The van der Waals surface area contributed by atoms with Crippen LogP contribution in [0.25, 0.3) is 11.0 Å². The van der Waals surface area contributed by atoms with E-state index < -0.39 is 0 Å². The van der Waals surface area contributed by atoms with Gasteiger partial charge in [-0.2, -0.15) is 0 Å². The lowest BCUT2D eigenvalue weighted by atomic mass is 10.1. The van der Waals surface area contributed by atoms with Gasteiger partial charge in [-0.05, 0) is 56.0 Å². The molecular weight excluding hydrogens is 367 g/mol. The Morgan fingerprint density at radius 3 is 2.34 bits per heavy atom. The number of nitrogens with zero attached hydrogens (tertiary/aromatic N) is 3. The molecule has 1 saturated heterocycles. The smallest absolute Gasteiger partial charge is 0.148 e. The van der Waals surface area contributed by atoms with Crippen LogP contribution in [-0.2, 0) is 0 Å². The topological polar surface area (TPSA) is 44.4 Å². The van der Waals surface area contributed by atoms with Crippen LogP contribution in [-0.4, -0.2) is 43.3 Å². The molecule has 1 saturated carbocycles. The van der Waals surface area contributed by atoms with Gasteiger partial charge in [0.15, 0.2) is 0 Å². The Kier molecular flexibility index (Phi) is 4.78. The van der Waals surface area contributed by atoms with Crippen molar-refractivity contribution < 1.29 is 9.13 Å². The summed E-state index contributed by atoms with van der Waals surface area (Å²) in [7, 11) is 1.67. The van der Waals surface area contributed by atoms with E-state index in [-0.39, 0.29) is 5.82 Å². The zero-order valence-corrected chi connectivity index (χ0v) is 16.2. The average molecular weight is 389 g/mol. The molecule has 1 aliphatic heterocycles. The summed E-state index contributed by atoms with van der Waals surface area (Å²) in [6.07, 6.45) is 7.93. The van der Waals surface area contributed by atoms with Gasteiger partial charge in [0.2, 0.25) is 0 Å². The summed E-state index contributed by atoms with van der Waals surface area (Å²) in [4.78, 5) is 12.3. The third-order valence-electron chi connectivity index (χ3n) is 5.54. The molecule has 6 heteroatoms. The lowest BCUT2D eigenvalue weighted by Gasteiger charge is -2.37. The van der Waals surface area contributed by atoms with Crippen LogP contribution in [0.2, 0.25) is 0 Å². The Bertz CT molecular complexity index is 986. The number of aromatic nitrogens is 2. The molecule has 0 bridgehead atoms. The standard InChI is InChI=1S/C23H22FN4O/c1-29-18-8-6-17(7-9-18)27-10-12-28(13-11-27)22-15-21-20(14-19(22)24)25-23(26-21)16-4-2-3-5-16/h2-9,14-15H,10-13H2,1H3,(H,25,26). The first kappa shape index (κ1) is 18.3. The Balaban J connectivity index is 1.32. The third-order valence-corrected chi connectivity index (χ3v) is 5.54. The molecule has 1 N–H and O–H groups in total. The Labute approximate surface area is 170 Å². The number of nitrogens with one attached hydrogen (secondary N) is 1. The average Bonchev–Trinajstić information content (AvgIpc) is 3.43. The molecule has 1 aromatic heterocycles. The monoisotopic (exact) mass is 389 g/mol. The molecular formula is C23H22FN4O. The van der Waals surface area contributed by atoms with Gasteiger partial charge in [-0.1, -0.05) is 0 Å². The number of halogens is 1. The van der Waals surface area contributed by atoms with E-state index >= 15 is 0 Å². The van der Waals surface area contributed by atoms with Gasteiger partial charge in [-0.15, -0.1) is 0 Å². The maximum atomic E-state index is 14.8. The van der Waals surface area contributed by atoms with Crippen LogP contribution in [0.15, 0.2) is 36.4 Å². The van der Waals surface area contributed by atoms with E-state index in [0.717, 1.165) is 60.4 Å². The summed E-state index contributed by atoms with van der Waals surface area (Å²) >= 11 is 0. The van der Waals surface area contributed by atoms with E-state index in [1.807, 2.05) is 43.9 Å². The summed E-state index contributed by atoms with van der Waals surface area (Å²) in [6.45, 7) is 3.19. The highest BCUT2D eigenvalue weighted by molar-refractivity contribution is 5.81. The van der Waals surface area contributed by atoms with Crippen molar-refractivity contribution in [2.45, 2.75) is 0 Å². The van der Waals surface area contributed by atoms with Crippen molar-refractivity contribution in [2.24, 2.45) is 0 Å². The molecule has 147 valence electrons. The number of ether oxygens (including phenoxy) is 1. The summed E-state index contributed by atoms with van der Waals surface area (Å²) in [5.41, 5.74) is 3.29. The first-order chi connectivity index (χ1) is 14.2. The van der Waals surface area contributed by atoms with Crippen LogP contribution in [0.3, 0.4) is 0 Å². The maximum Gasteiger partial charge on any atom is 0.148 e. The van der Waals surface area contributed by atoms with E-state index in [1.165, 1.54) is 0 Å². The van der Waals surface area contributed by atoms with E-state index in [0.29, 0.717) is 5.69 Å². The Morgan fingerprint density at radius 1 is 0.966 bits per heavy atom. The number of rotatable bonds is 4. The minimum absolute atomic E-state index is 0.215. The van der Waals surface area contributed by atoms with Gasteiger partial charge in [0.25, 0.3) is 0 Å². The van der Waals surface area contributed by atoms with Gasteiger partial charge in [0.1, 0.15) is 17.4 Å². The van der Waals surface area contributed by atoms with Crippen LogP contribution < -0.4 is 14.5 Å². The van der Waals surface area contributed by atoms with Gasteiger partial charge in [-0.25, -0.2) is 9.37 Å². The van der Waals surface area contributed by atoms with E-state index in [2.05, 4.69) is 31.9 Å². The summed E-state index contributed by atoms with van der Waals surface area (Å²) in [5.74, 6) is 2.41. The first-order valence-electron chi connectivity index (χ1n) is 9.76. The number of aromatic amines is 1. The molecule has 0 spiro atoms. The van der Waals surface area contributed by atoms with Crippen molar-refractivity contribution in [3.63, 3.8) is 0 Å². The minimum atomic E-state index is -0.215. The number of imidazole rings is 1. The maximum absolute atomic E-state index is 14.8. The second-order valence-electron chi connectivity index (χ2n) is 7.25. The first-order valence-corrected chi connectivity index (χ1v) is 9.76. The molecule has 2 fully saturated rings. The SMILES string of the molecule is COc1ccc(N2CCN(c3cc4nc([C]5[CH][CH][CH][CH]5)[nH]c4cc3F)CC2)cc1. The van der Waals surface area contributed by atoms with Gasteiger partial charge in [0.05, 0.1) is 23.8 Å². The fraction of sp³-hybridized carbons (Fsp3) is 0.217. The van der Waals surface area contributed by atoms with E-state index in [9.17, 15) is 4.39 Å². The van der Waals surface area contributed by atoms with Crippen molar-refractivity contribution >= 4 is 22.4 Å². The second kappa shape index (κ2) is 7.58. The number of fused-ring (bicyclic) bond motifs is 1. The highest BCUT2D eigenvalue weighted by atomic mass is 19.1. The predicted octanol–water partition coefficient (Wildman–Crippen LogP) is 3.79. The molecule has 5 radical (unpaired) electrons. The molecule has 1 aliphatic carbocycles. The fourth-order valence-electron chi connectivity index (χ4n) is 3.93. The highest BCUT2D eigenvalue weighted by Gasteiger charge is 2.24. The largest absolute Gasteiger partial charge is 0.497 e. The number of piperazine rings is 1. The lowest BCUT2D eigenvalue weighted by Crippen LogP contribution is -2.46. The van der Waals surface area contributed by atoms with Crippen LogP contribution in [0.1, 0.15) is 5.82 Å². The van der Waals surface area contributed by atoms with Crippen molar-refractivity contribution in [2.75, 3.05) is 43.1 Å². The highest BCUT2D eigenvalue weighted by Crippen LogP contribution is 2.32. The minimum Gasteiger partial charge on any atom is -0.497 e. The molecule has 3 aromatic rings. The molecule has 5 nitrogen and oxygen atoms in total. The van der Waals surface area contributed by atoms with Gasteiger partial charge in [0, 0.05) is 43.9 Å². The number of hydrogen-bond acceptors (Lipinski definition) is 4. The normalized spacial score (nSPS) is 18.0. The van der Waals surface area contributed by atoms with Crippen LogP contribution in [0.4, 0.5) is 15.8 Å². The number of H-pyrrole nitrogens is 1. The number of hydrogen-bond donors (Lipinski definition) is 1. The zero-order chi connectivity index (χ0) is 19.8. The van der Waals surface area contributed by atoms with Gasteiger partial charge < -0.3 is 19.5 Å². The molecule has 0 atom stereocenters. The van der Waals surface area contributed by atoms with Crippen molar-refractivity contribution in [3.05, 3.63) is 79.6 Å². The summed E-state index contributed by atoms with van der Waals surface area (Å²) < 4.78 is 20.1. The second-order valence-corrected chi connectivity index (χ2v) is 7.25. The number of benzene rings is 2. The lowest BCUT2D eigenvalue weighted by molar-refractivity contribution is 0.415. The third kappa shape index (κ3) is 3.52. The predicted molar refractivity (Wildman–Crippen MR) is 113 cm³/mol. The van der Waals surface area contributed by atoms with Crippen LogP contribution >= 0.6 is 0 Å². The fourth-order valence-corrected chi connectivity index (χ4v) is 3.93. The molecule has 29 heavy (non-hydrogen) atoms. The number of methoxy groups -OCH3 is 1. The van der Waals surface area contributed by atoms with Crippen LogP contribution in [0, 0.1) is 37.4 Å². The molecule has 0 unspecified atom stereocenters. The Morgan fingerprint density at radius 2 is 1.66 bits per heavy atom. The van der Waals surface area contributed by atoms with Gasteiger partial charge in [-0.3, -0.25) is 0 Å². The summed E-state index contributed by atoms with van der Waals surface area (Å²) in [5, 5.41) is 0. The van der Waals surface area contributed by atoms with Crippen LogP contribution in [0.5, 0.6) is 5.75 Å². The molecule has 2 aromatic carbocycles. The number of anilines is 2. The van der Waals surface area contributed by atoms with E-state index in [4.69, 9.17) is 4.74 Å². The van der Waals surface area contributed by atoms with Crippen molar-refractivity contribution in [1.82, 2.24) is 9.97 Å². The Hall–Kier alpha value is -2.76. The van der Waals surface area contributed by atoms with E-state index in [1.54, 1.807) is 13.2 Å². The van der Waals surface area contributed by atoms with Gasteiger partial charge >= 0.3 is 0 Å². The molecule has 2 heterocycles. The zero-order valence-electron chi connectivity index (χ0n) is 16.2. The molecule has 2 aliphatic rings. The van der Waals surface area contributed by atoms with Crippen molar-refractivity contribution in [1.29, 1.82) is 0 Å².